The average Bonchev–Trinajstić information content (AvgIpc) is 2.88. The fourth-order valence-electron chi connectivity index (χ4n) is 2.35. The zero-order chi connectivity index (χ0) is 14.7. The second-order valence-electron chi connectivity index (χ2n) is 4.88. The predicted octanol–water partition coefficient (Wildman–Crippen LogP) is 4.32. The van der Waals surface area contributed by atoms with Gasteiger partial charge in [-0.25, -0.2) is 0 Å². The maximum atomic E-state index is 12.0. The minimum atomic E-state index is -0.0185. The van der Waals surface area contributed by atoms with Crippen molar-refractivity contribution in [3.63, 3.8) is 0 Å². The number of rotatable bonds is 4. The molecule has 0 radical (unpaired) electrons. The molecule has 1 amide bonds. The number of carbonyl (C=O) groups excluding carboxylic acids is 1. The third-order valence-corrected chi connectivity index (χ3v) is 3.60. The topological polar surface area (TPSA) is 34.0 Å². The number of para-hydroxylation sites is 1. The van der Waals surface area contributed by atoms with Gasteiger partial charge in [-0.2, -0.15) is 0 Å². The molecule has 0 bridgehead atoms. The Labute approximate surface area is 128 Å². The molecule has 1 aromatic heterocycles. The SMILES string of the molecule is O=C(CCn1ccc2ccccc21)Nc1cccc(Cl)c1. The molecule has 1 heterocycles. The lowest BCUT2D eigenvalue weighted by Gasteiger charge is -2.07. The van der Waals surface area contributed by atoms with E-state index >= 15 is 0 Å². The van der Waals surface area contributed by atoms with Crippen LogP contribution in [0.3, 0.4) is 0 Å². The van der Waals surface area contributed by atoms with Gasteiger partial charge < -0.3 is 9.88 Å². The van der Waals surface area contributed by atoms with Crippen molar-refractivity contribution in [1.29, 1.82) is 0 Å². The Morgan fingerprint density at radius 3 is 2.81 bits per heavy atom. The number of aryl methyl sites for hydroxylation is 1. The standard InChI is InChI=1S/C17H15ClN2O/c18-14-5-3-6-15(12-14)19-17(21)9-11-20-10-8-13-4-1-2-7-16(13)20/h1-8,10,12H,9,11H2,(H,19,21). The predicted molar refractivity (Wildman–Crippen MR) is 86.6 cm³/mol. The van der Waals surface area contributed by atoms with E-state index in [1.54, 1.807) is 12.1 Å². The molecule has 0 aliphatic heterocycles. The second-order valence-corrected chi connectivity index (χ2v) is 5.31. The van der Waals surface area contributed by atoms with Crippen LogP contribution in [-0.4, -0.2) is 10.5 Å². The molecule has 0 saturated carbocycles. The summed E-state index contributed by atoms with van der Waals surface area (Å²) in [4.78, 5) is 12.0. The van der Waals surface area contributed by atoms with Gasteiger partial charge in [-0.15, -0.1) is 0 Å². The minimum Gasteiger partial charge on any atom is -0.347 e. The molecular weight excluding hydrogens is 284 g/mol. The van der Waals surface area contributed by atoms with Gasteiger partial charge in [-0.05, 0) is 35.7 Å². The Hall–Kier alpha value is -2.26. The lowest BCUT2D eigenvalue weighted by molar-refractivity contribution is -0.116. The molecule has 0 atom stereocenters. The van der Waals surface area contributed by atoms with Crippen molar-refractivity contribution >= 4 is 34.1 Å². The third-order valence-electron chi connectivity index (χ3n) is 3.37. The largest absolute Gasteiger partial charge is 0.347 e. The summed E-state index contributed by atoms with van der Waals surface area (Å²) < 4.78 is 2.09. The highest BCUT2D eigenvalue weighted by molar-refractivity contribution is 6.30. The molecule has 0 unspecified atom stereocenters. The van der Waals surface area contributed by atoms with Crippen molar-refractivity contribution in [2.24, 2.45) is 0 Å². The Balaban J connectivity index is 1.63. The van der Waals surface area contributed by atoms with Crippen molar-refractivity contribution in [1.82, 2.24) is 4.57 Å². The van der Waals surface area contributed by atoms with E-state index in [2.05, 4.69) is 28.1 Å². The molecule has 21 heavy (non-hydrogen) atoms. The molecule has 2 aromatic carbocycles. The number of nitrogens with one attached hydrogen (secondary N) is 1. The van der Waals surface area contributed by atoms with Crippen molar-refractivity contribution in [3.05, 3.63) is 65.8 Å². The van der Waals surface area contributed by atoms with Crippen LogP contribution in [0.1, 0.15) is 6.42 Å². The molecule has 4 heteroatoms. The summed E-state index contributed by atoms with van der Waals surface area (Å²) in [6.07, 6.45) is 2.43. The second kappa shape index (κ2) is 6.02. The van der Waals surface area contributed by atoms with E-state index in [4.69, 9.17) is 11.6 Å². The number of fused-ring (bicyclic) bond motifs is 1. The van der Waals surface area contributed by atoms with E-state index < -0.39 is 0 Å². The fourth-order valence-corrected chi connectivity index (χ4v) is 2.54. The van der Waals surface area contributed by atoms with Crippen LogP contribution in [0, 0.1) is 0 Å². The summed E-state index contributed by atoms with van der Waals surface area (Å²) >= 11 is 5.90. The number of aromatic nitrogens is 1. The zero-order valence-electron chi connectivity index (χ0n) is 11.4. The van der Waals surface area contributed by atoms with Gasteiger partial charge in [-0.1, -0.05) is 35.9 Å². The normalized spacial score (nSPS) is 10.7. The molecule has 0 aliphatic rings. The van der Waals surface area contributed by atoms with Crippen LogP contribution in [0.2, 0.25) is 5.02 Å². The highest BCUT2D eigenvalue weighted by Crippen LogP contribution is 2.17. The number of carbonyl (C=O) groups is 1. The van der Waals surface area contributed by atoms with E-state index in [1.165, 1.54) is 5.39 Å². The van der Waals surface area contributed by atoms with Gasteiger partial charge in [0.2, 0.25) is 5.91 Å². The lowest BCUT2D eigenvalue weighted by atomic mass is 10.2. The van der Waals surface area contributed by atoms with Crippen molar-refractivity contribution in [2.45, 2.75) is 13.0 Å². The molecule has 1 N–H and O–H groups in total. The third kappa shape index (κ3) is 3.26. The highest BCUT2D eigenvalue weighted by atomic mass is 35.5. The van der Waals surface area contributed by atoms with Gasteiger partial charge in [0, 0.05) is 35.4 Å². The van der Waals surface area contributed by atoms with Gasteiger partial charge in [0.1, 0.15) is 0 Å². The summed E-state index contributed by atoms with van der Waals surface area (Å²) in [7, 11) is 0. The smallest absolute Gasteiger partial charge is 0.226 e. The summed E-state index contributed by atoms with van der Waals surface area (Å²) in [5.74, 6) is -0.0185. The van der Waals surface area contributed by atoms with Crippen molar-refractivity contribution in [3.8, 4) is 0 Å². The summed E-state index contributed by atoms with van der Waals surface area (Å²) in [5, 5.41) is 4.66. The molecule has 0 saturated heterocycles. The molecule has 0 fully saturated rings. The Kier molecular flexibility index (Phi) is 3.93. The first-order valence-corrected chi connectivity index (χ1v) is 7.19. The number of halogens is 1. The number of benzene rings is 2. The van der Waals surface area contributed by atoms with E-state index in [-0.39, 0.29) is 5.91 Å². The number of anilines is 1. The maximum Gasteiger partial charge on any atom is 0.226 e. The Morgan fingerprint density at radius 2 is 1.95 bits per heavy atom. The average molecular weight is 299 g/mol. The van der Waals surface area contributed by atoms with Gasteiger partial charge in [0.25, 0.3) is 0 Å². The Morgan fingerprint density at radius 1 is 1.10 bits per heavy atom. The zero-order valence-corrected chi connectivity index (χ0v) is 12.2. The maximum absolute atomic E-state index is 12.0. The molecule has 3 aromatic rings. The van der Waals surface area contributed by atoms with Gasteiger partial charge in [0.05, 0.1) is 0 Å². The molecule has 3 nitrogen and oxygen atoms in total. The molecule has 0 spiro atoms. The summed E-state index contributed by atoms with van der Waals surface area (Å²) in [5.41, 5.74) is 1.87. The van der Waals surface area contributed by atoms with E-state index in [9.17, 15) is 4.79 Å². The minimum absolute atomic E-state index is 0.0185. The van der Waals surface area contributed by atoms with Crippen molar-refractivity contribution in [2.75, 3.05) is 5.32 Å². The van der Waals surface area contributed by atoms with Crippen LogP contribution < -0.4 is 5.32 Å². The quantitative estimate of drug-likeness (QED) is 0.764. The number of hydrogen-bond acceptors (Lipinski definition) is 1. The van der Waals surface area contributed by atoms with Crippen LogP contribution in [0.25, 0.3) is 10.9 Å². The van der Waals surface area contributed by atoms with E-state index in [0.717, 1.165) is 11.2 Å². The Bertz CT molecular complexity index is 779. The van der Waals surface area contributed by atoms with Crippen LogP contribution in [-0.2, 0) is 11.3 Å². The van der Waals surface area contributed by atoms with Crippen molar-refractivity contribution < 1.29 is 4.79 Å². The van der Waals surface area contributed by atoms with Crippen LogP contribution in [0.4, 0.5) is 5.69 Å². The summed E-state index contributed by atoms with van der Waals surface area (Å²) in [6.45, 7) is 0.653. The van der Waals surface area contributed by atoms with Crippen LogP contribution >= 0.6 is 11.6 Å². The first-order chi connectivity index (χ1) is 10.2. The molecular formula is C17H15ClN2O. The van der Waals surface area contributed by atoms with Gasteiger partial charge in [-0.3, -0.25) is 4.79 Å². The lowest BCUT2D eigenvalue weighted by Crippen LogP contribution is -2.14. The molecule has 106 valence electrons. The number of amides is 1. The van der Waals surface area contributed by atoms with E-state index in [0.29, 0.717) is 18.0 Å². The number of nitrogens with zero attached hydrogens (tertiary/aromatic N) is 1. The molecule has 3 rings (SSSR count). The monoisotopic (exact) mass is 298 g/mol. The summed E-state index contributed by atoms with van der Waals surface area (Å²) in [6, 6.07) is 17.4. The van der Waals surface area contributed by atoms with Gasteiger partial charge >= 0.3 is 0 Å². The first kappa shape index (κ1) is 13.7. The van der Waals surface area contributed by atoms with Crippen LogP contribution in [0.5, 0.6) is 0 Å². The van der Waals surface area contributed by atoms with E-state index in [1.807, 2.05) is 30.5 Å². The van der Waals surface area contributed by atoms with Gasteiger partial charge in [0.15, 0.2) is 0 Å². The fraction of sp³-hybridized carbons (Fsp3) is 0.118. The molecule has 0 aliphatic carbocycles. The first-order valence-electron chi connectivity index (χ1n) is 6.82. The van der Waals surface area contributed by atoms with Crippen LogP contribution in [0.15, 0.2) is 60.8 Å². The highest BCUT2D eigenvalue weighted by Gasteiger charge is 2.05. The number of hydrogen-bond donors (Lipinski definition) is 1.